The Balaban J connectivity index is 1.82. The molecular weight excluding hydrogens is 328 g/mol. The number of aryl methyl sites for hydroxylation is 1. The van der Waals surface area contributed by atoms with Gasteiger partial charge in [-0.1, -0.05) is 13.0 Å². The van der Waals surface area contributed by atoms with Gasteiger partial charge in [0.15, 0.2) is 11.5 Å². The second-order valence-electron chi connectivity index (χ2n) is 6.30. The summed E-state index contributed by atoms with van der Waals surface area (Å²) >= 11 is 0. The molecule has 0 saturated carbocycles. The standard InChI is InChI=1S/C17H28N2O4S/c1-14-6-5-11-19(13-14)24(20,21)18-10-4-7-15-8-9-16(22-2)17(12-15)23-3/h8-9,12,14,18H,4-7,10-11,13H2,1-3H3/t14-/m1/s1. The first-order chi connectivity index (χ1) is 11.5. The number of ether oxygens (including phenoxy) is 2. The molecule has 1 saturated heterocycles. The van der Waals surface area contributed by atoms with Gasteiger partial charge in [-0.25, -0.2) is 4.72 Å². The molecule has 0 bridgehead atoms. The summed E-state index contributed by atoms with van der Waals surface area (Å²) in [5.74, 6) is 1.82. The van der Waals surface area contributed by atoms with Gasteiger partial charge in [0.25, 0.3) is 10.2 Å². The van der Waals surface area contributed by atoms with Crippen LogP contribution in [-0.4, -0.2) is 46.6 Å². The smallest absolute Gasteiger partial charge is 0.279 e. The predicted octanol–water partition coefficient (Wildman–Crippen LogP) is 2.20. The highest BCUT2D eigenvalue weighted by Gasteiger charge is 2.26. The molecule has 1 fully saturated rings. The maximum Gasteiger partial charge on any atom is 0.279 e. The molecule has 1 aliphatic heterocycles. The van der Waals surface area contributed by atoms with E-state index in [1.165, 1.54) is 0 Å². The molecule has 0 amide bonds. The number of methoxy groups -OCH3 is 2. The molecule has 1 atom stereocenters. The van der Waals surface area contributed by atoms with Crippen molar-refractivity contribution in [3.8, 4) is 11.5 Å². The largest absolute Gasteiger partial charge is 0.493 e. The van der Waals surface area contributed by atoms with Crippen molar-refractivity contribution in [3.63, 3.8) is 0 Å². The van der Waals surface area contributed by atoms with Crippen LogP contribution in [0.4, 0.5) is 0 Å². The summed E-state index contributed by atoms with van der Waals surface area (Å²) in [5.41, 5.74) is 1.10. The normalized spacial score (nSPS) is 19.2. The van der Waals surface area contributed by atoms with Gasteiger partial charge in [0, 0.05) is 19.6 Å². The van der Waals surface area contributed by atoms with E-state index in [2.05, 4.69) is 11.6 Å². The number of rotatable bonds is 8. The van der Waals surface area contributed by atoms with Crippen LogP contribution in [0, 0.1) is 5.92 Å². The molecule has 0 aliphatic carbocycles. The third-order valence-corrected chi connectivity index (χ3v) is 5.91. The molecule has 1 aromatic rings. The highest BCUT2D eigenvalue weighted by molar-refractivity contribution is 7.87. The first kappa shape index (κ1) is 19.0. The highest BCUT2D eigenvalue weighted by Crippen LogP contribution is 2.27. The van der Waals surface area contributed by atoms with Crippen molar-refractivity contribution < 1.29 is 17.9 Å². The lowest BCUT2D eigenvalue weighted by Gasteiger charge is -2.29. The average Bonchev–Trinajstić information content (AvgIpc) is 2.58. The molecule has 0 unspecified atom stereocenters. The van der Waals surface area contributed by atoms with Crippen LogP contribution in [-0.2, 0) is 16.6 Å². The SMILES string of the molecule is COc1ccc(CCCNS(=O)(=O)N2CCC[C@@H](C)C2)cc1OC. The lowest BCUT2D eigenvalue weighted by Crippen LogP contribution is -2.45. The van der Waals surface area contributed by atoms with E-state index in [1.807, 2.05) is 18.2 Å². The number of nitrogens with one attached hydrogen (secondary N) is 1. The Morgan fingerprint density at radius 3 is 2.67 bits per heavy atom. The quantitative estimate of drug-likeness (QED) is 0.725. The first-order valence-electron chi connectivity index (χ1n) is 8.42. The molecule has 2 rings (SSSR count). The van der Waals surface area contributed by atoms with Crippen LogP contribution in [0.3, 0.4) is 0 Å². The molecule has 24 heavy (non-hydrogen) atoms. The third kappa shape index (κ3) is 5.09. The zero-order valence-corrected chi connectivity index (χ0v) is 15.6. The Bertz CT molecular complexity index is 633. The summed E-state index contributed by atoms with van der Waals surface area (Å²) in [7, 11) is -0.144. The van der Waals surface area contributed by atoms with Gasteiger partial charge < -0.3 is 9.47 Å². The molecule has 1 N–H and O–H groups in total. The van der Waals surface area contributed by atoms with E-state index in [0.29, 0.717) is 37.1 Å². The van der Waals surface area contributed by atoms with Gasteiger partial charge in [-0.2, -0.15) is 12.7 Å². The molecule has 0 radical (unpaired) electrons. The number of hydrogen-bond acceptors (Lipinski definition) is 4. The summed E-state index contributed by atoms with van der Waals surface area (Å²) in [6.45, 7) is 3.76. The van der Waals surface area contributed by atoms with Crippen LogP contribution in [0.15, 0.2) is 18.2 Å². The minimum Gasteiger partial charge on any atom is -0.493 e. The first-order valence-corrected chi connectivity index (χ1v) is 9.86. The van der Waals surface area contributed by atoms with Crippen LogP contribution >= 0.6 is 0 Å². The molecule has 7 heteroatoms. The maximum absolute atomic E-state index is 12.3. The van der Waals surface area contributed by atoms with Crippen LogP contribution < -0.4 is 14.2 Å². The Kier molecular flexibility index (Phi) is 6.89. The summed E-state index contributed by atoms with van der Waals surface area (Å²) in [5, 5.41) is 0. The highest BCUT2D eigenvalue weighted by atomic mass is 32.2. The lowest BCUT2D eigenvalue weighted by molar-refractivity contribution is 0.278. The van der Waals surface area contributed by atoms with Gasteiger partial charge in [-0.05, 0) is 49.3 Å². The van der Waals surface area contributed by atoms with Gasteiger partial charge in [0.2, 0.25) is 0 Å². The summed E-state index contributed by atoms with van der Waals surface area (Å²) in [6.07, 6.45) is 3.55. The van der Waals surface area contributed by atoms with E-state index in [0.717, 1.165) is 31.2 Å². The Morgan fingerprint density at radius 1 is 1.25 bits per heavy atom. The van der Waals surface area contributed by atoms with Crippen LogP contribution in [0.25, 0.3) is 0 Å². The molecule has 0 aromatic heterocycles. The monoisotopic (exact) mass is 356 g/mol. The summed E-state index contributed by atoms with van der Waals surface area (Å²) < 4.78 is 39.4. The summed E-state index contributed by atoms with van der Waals surface area (Å²) in [6, 6.07) is 5.77. The predicted molar refractivity (Wildman–Crippen MR) is 94.8 cm³/mol. The van der Waals surface area contributed by atoms with E-state index in [1.54, 1.807) is 18.5 Å². The van der Waals surface area contributed by atoms with Gasteiger partial charge >= 0.3 is 0 Å². The van der Waals surface area contributed by atoms with Crippen LogP contribution in [0.5, 0.6) is 11.5 Å². The number of nitrogens with zero attached hydrogens (tertiary/aromatic N) is 1. The molecule has 1 aromatic carbocycles. The third-order valence-electron chi connectivity index (χ3n) is 4.33. The van der Waals surface area contributed by atoms with E-state index in [4.69, 9.17) is 9.47 Å². The van der Waals surface area contributed by atoms with Crippen molar-refractivity contribution in [2.45, 2.75) is 32.6 Å². The second-order valence-corrected chi connectivity index (χ2v) is 8.05. The lowest BCUT2D eigenvalue weighted by atomic mass is 10.0. The molecular formula is C17H28N2O4S. The molecule has 0 spiro atoms. The van der Waals surface area contributed by atoms with E-state index in [-0.39, 0.29) is 0 Å². The minimum absolute atomic E-state index is 0.432. The van der Waals surface area contributed by atoms with Crippen molar-refractivity contribution in [1.82, 2.24) is 9.03 Å². The number of hydrogen-bond donors (Lipinski definition) is 1. The number of benzene rings is 1. The summed E-state index contributed by atoms with van der Waals surface area (Å²) in [4.78, 5) is 0. The molecule has 1 heterocycles. The number of piperidine rings is 1. The molecule has 1 aliphatic rings. The fourth-order valence-corrected chi connectivity index (χ4v) is 4.39. The van der Waals surface area contributed by atoms with Crippen molar-refractivity contribution in [2.24, 2.45) is 5.92 Å². The van der Waals surface area contributed by atoms with E-state index in [9.17, 15) is 8.42 Å². The topological polar surface area (TPSA) is 67.9 Å². The van der Waals surface area contributed by atoms with Crippen molar-refractivity contribution in [3.05, 3.63) is 23.8 Å². The van der Waals surface area contributed by atoms with Crippen molar-refractivity contribution in [1.29, 1.82) is 0 Å². The van der Waals surface area contributed by atoms with Gasteiger partial charge in [-0.3, -0.25) is 0 Å². The minimum atomic E-state index is -3.36. The van der Waals surface area contributed by atoms with Crippen molar-refractivity contribution in [2.75, 3.05) is 33.9 Å². The Labute approximate surface area is 145 Å². The zero-order valence-electron chi connectivity index (χ0n) is 14.7. The van der Waals surface area contributed by atoms with E-state index >= 15 is 0 Å². The fourth-order valence-electron chi connectivity index (χ4n) is 2.99. The zero-order chi connectivity index (χ0) is 17.6. The maximum atomic E-state index is 12.3. The van der Waals surface area contributed by atoms with E-state index < -0.39 is 10.2 Å². The average molecular weight is 356 g/mol. The van der Waals surface area contributed by atoms with Crippen molar-refractivity contribution >= 4 is 10.2 Å². The van der Waals surface area contributed by atoms with Crippen LogP contribution in [0.2, 0.25) is 0 Å². The Hall–Kier alpha value is -1.31. The fraction of sp³-hybridized carbons (Fsp3) is 0.647. The second kappa shape index (κ2) is 8.69. The van der Waals surface area contributed by atoms with Gasteiger partial charge in [-0.15, -0.1) is 0 Å². The van der Waals surface area contributed by atoms with Crippen LogP contribution in [0.1, 0.15) is 31.7 Å². The van der Waals surface area contributed by atoms with Gasteiger partial charge in [0.1, 0.15) is 0 Å². The Morgan fingerprint density at radius 2 is 2.00 bits per heavy atom. The molecule has 6 nitrogen and oxygen atoms in total. The molecule has 136 valence electrons. The van der Waals surface area contributed by atoms with Gasteiger partial charge in [0.05, 0.1) is 14.2 Å².